The Hall–Kier alpha value is -2.27. The summed E-state index contributed by atoms with van der Waals surface area (Å²) in [6.07, 6.45) is -0.0104. The summed E-state index contributed by atoms with van der Waals surface area (Å²) >= 11 is 5.80. The molecule has 0 unspecified atom stereocenters. The van der Waals surface area contributed by atoms with E-state index in [0.717, 1.165) is 5.69 Å². The van der Waals surface area contributed by atoms with E-state index in [1.807, 2.05) is 25.1 Å². The fourth-order valence-corrected chi connectivity index (χ4v) is 2.36. The highest BCUT2D eigenvalue weighted by Crippen LogP contribution is 2.18. The van der Waals surface area contributed by atoms with Crippen molar-refractivity contribution in [1.29, 1.82) is 0 Å². The van der Waals surface area contributed by atoms with Crippen molar-refractivity contribution in [2.45, 2.75) is 13.0 Å². The number of carbonyl (C=O) groups excluding carboxylic acids is 1. The number of hydrogen-bond acceptors (Lipinski definition) is 4. The number of nitrogens with zero attached hydrogens (tertiary/aromatic N) is 2. The molecule has 2 aromatic rings. The van der Waals surface area contributed by atoms with Gasteiger partial charge in [-0.25, -0.2) is 4.98 Å². The highest BCUT2D eigenvalue weighted by molar-refractivity contribution is 6.30. The number of rotatable bonds is 5. The lowest BCUT2D eigenvalue weighted by Gasteiger charge is -2.38. The van der Waals surface area contributed by atoms with Gasteiger partial charge in [0.25, 0.3) is 5.91 Å². The lowest BCUT2D eigenvalue weighted by atomic mass is 10.1. The lowest BCUT2D eigenvalue weighted by molar-refractivity contribution is -0.142. The average Bonchev–Trinajstić information content (AvgIpc) is 2.50. The number of benzene rings is 1. The normalized spacial score (nSPS) is 14.3. The Labute approximate surface area is 139 Å². The van der Waals surface area contributed by atoms with E-state index >= 15 is 0 Å². The molecule has 1 fully saturated rings. The molecule has 0 N–H and O–H groups in total. The minimum absolute atomic E-state index is 0.0104. The van der Waals surface area contributed by atoms with Crippen LogP contribution in [0.25, 0.3) is 0 Å². The number of likely N-dealkylation sites (tertiary alicyclic amines) is 1. The largest absolute Gasteiger partial charge is 0.484 e. The third kappa shape index (κ3) is 4.13. The number of halogens is 1. The predicted octanol–water partition coefficient (Wildman–Crippen LogP) is 2.71. The van der Waals surface area contributed by atoms with Crippen molar-refractivity contribution >= 4 is 17.5 Å². The maximum atomic E-state index is 12.0. The van der Waals surface area contributed by atoms with Gasteiger partial charge in [-0.2, -0.15) is 0 Å². The molecule has 0 spiro atoms. The molecule has 6 heteroatoms. The number of amides is 1. The first-order chi connectivity index (χ1) is 11.1. The molecule has 1 aliphatic heterocycles. The second-order valence-electron chi connectivity index (χ2n) is 5.40. The maximum Gasteiger partial charge on any atom is 0.260 e. The Kier molecular flexibility index (Phi) is 4.67. The van der Waals surface area contributed by atoms with E-state index in [1.54, 1.807) is 29.2 Å². The zero-order valence-electron chi connectivity index (χ0n) is 12.7. The van der Waals surface area contributed by atoms with Crippen LogP contribution < -0.4 is 9.47 Å². The van der Waals surface area contributed by atoms with Crippen molar-refractivity contribution in [3.63, 3.8) is 0 Å². The number of aromatic nitrogens is 1. The Morgan fingerprint density at radius 2 is 2.00 bits per heavy atom. The molecule has 0 bridgehead atoms. The monoisotopic (exact) mass is 332 g/mol. The Bertz CT molecular complexity index is 684. The zero-order valence-corrected chi connectivity index (χ0v) is 13.5. The van der Waals surface area contributed by atoms with Crippen LogP contribution in [0.4, 0.5) is 0 Å². The van der Waals surface area contributed by atoms with Crippen molar-refractivity contribution in [3.05, 3.63) is 53.2 Å². The predicted molar refractivity (Wildman–Crippen MR) is 86.9 cm³/mol. The summed E-state index contributed by atoms with van der Waals surface area (Å²) in [6.45, 7) is 3.03. The van der Waals surface area contributed by atoms with Gasteiger partial charge in [-0.05, 0) is 37.3 Å². The topological polar surface area (TPSA) is 51.7 Å². The number of aryl methyl sites for hydroxylation is 1. The summed E-state index contributed by atoms with van der Waals surface area (Å²) in [5, 5.41) is 0.635. The summed E-state index contributed by atoms with van der Waals surface area (Å²) in [5.74, 6) is 1.16. The van der Waals surface area contributed by atoms with Crippen LogP contribution in [0.2, 0.25) is 5.02 Å². The van der Waals surface area contributed by atoms with Crippen LogP contribution >= 0.6 is 11.6 Å². The van der Waals surface area contributed by atoms with Gasteiger partial charge in [-0.3, -0.25) is 4.79 Å². The first kappa shape index (κ1) is 15.6. The van der Waals surface area contributed by atoms with Crippen LogP contribution in [0, 0.1) is 6.92 Å². The van der Waals surface area contributed by atoms with Gasteiger partial charge in [-0.15, -0.1) is 0 Å². The second kappa shape index (κ2) is 6.87. The summed E-state index contributed by atoms with van der Waals surface area (Å²) in [7, 11) is 0. The van der Waals surface area contributed by atoms with E-state index in [0.29, 0.717) is 29.7 Å². The van der Waals surface area contributed by atoms with Crippen LogP contribution in [0.3, 0.4) is 0 Å². The lowest BCUT2D eigenvalue weighted by Crippen LogP contribution is -2.57. The van der Waals surface area contributed by atoms with Gasteiger partial charge in [-0.1, -0.05) is 17.7 Å². The molecule has 120 valence electrons. The average molecular weight is 333 g/mol. The molecule has 0 radical (unpaired) electrons. The Balaban J connectivity index is 1.42. The third-order valence-corrected chi connectivity index (χ3v) is 3.78. The van der Waals surface area contributed by atoms with E-state index < -0.39 is 0 Å². The van der Waals surface area contributed by atoms with Gasteiger partial charge in [0.15, 0.2) is 6.61 Å². The van der Waals surface area contributed by atoms with Crippen molar-refractivity contribution in [3.8, 4) is 11.6 Å². The van der Waals surface area contributed by atoms with Crippen LogP contribution in [-0.4, -0.2) is 41.6 Å². The second-order valence-corrected chi connectivity index (χ2v) is 5.83. The van der Waals surface area contributed by atoms with Gasteiger partial charge in [0.2, 0.25) is 5.88 Å². The molecule has 5 nitrogen and oxygen atoms in total. The number of pyridine rings is 1. The summed E-state index contributed by atoms with van der Waals surface area (Å²) in [6, 6.07) is 12.6. The van der Waals surface area contributed by atoms with E-state index in [4.69, 9.17) is 21.1 Å². The molecule has 0 atom stereocenters. The van der Waals surface area contributed by atoms with E-state index in [2.05, 4.69) is 4.98 Å². The molecule has 3 rings (SSSR count). The highest BCUT2D eigenvalue weighted by Gasteiger charge is 2.32. The molecule has 2 heterocycles. The van der Waals surface area contributed by atoms with Crippen molar-refractivity contribution in [1.82, 2.24) is 9.88 Å². The summed E-state index contributed by atoms with van der Waals surface area (Å²) in [5.41, 5.74) is 0.908. The molecule has 1 amide bonds. The fraction of sp³-hybridized carbons (Fsp3) is 0.294. The van der Waals surface area contributed by atoms with Gasteiger partial charge in [0.1, 0.15) is 11.9 Å². The fourth-order valence-electron chi connectivity index (χ4n) is 2.24. The number of carbonyl (C=O) groups is 1. The first-order valence-corrected chi connectivity index (χ1v) is 7.74. The molecule has 1 saturated heterocycles. The van der Waals surface area contributed by atoms with Crippen LogP contribution in [0.5, 0.6) is 11.6 Å². The Morgan fingerprint density at radius 1 is 1.26 bits per heavy atom. The molecule has 1 aliphatic rings. The number of hydrogen-bond donors (Lipinski definition) is 0. The first-order valence-electron chi connectivity index (χ1n) is 7.36. The number of ether oxygens (including phenoxy) is 2. The Morgan fingerprint density at radius 3 is 2.70 bits per heavy atom. The van der Waals surface area contributed by atoms with Crippen molar-refractivity contribution in [2.75, 3.05) is 19.7 Å². The van der Waals surface area contributed by atoms with Crippen molar-refractivity contribution < 1.29 is 14.3 Å². The molecule has 23 heavy (non-hydrogen) atoms. The minimum Gasteiger partial charge on any atom is -0.484 e. The smallest absolute Gasteiger partial charge is 0.260 e. The standard InChI is InChI=1S/C17H17ClN2O3/c1-12-3-2-4-16(19-12)23-15-9-20(10-15)17(21)11-22-14-7-5-13(18)6-8-14/h2-8,15H,9-11H2,1H3. The highest BCUT2D eigenvalue weighted by atomic mass is 35.5. The SMILES string of the molecule is Cc1cccc(OC2CN(C(=O)COc3ccc(Cl)cc3)C2)n1. The molecular formula is C17H17ClN2O3. The van der Waals surface area contributed by atoms with Crippen molar-refractivity contribution in [2.24, 2.45) is 0 Å². The maximum absolute atomic E-state index is 12.0. The van der Waals surface area contributed by atoms with Gasteiger partial charge in [0, 0.05) is 16.8 Å². The molecule has 0 aliphatic carbocycles. The molecule has 0 saturated carbocycles. The minimum atomic E-state index is -0.0583. The van der Waals surface area contributed by atoms with E-state index in [-0.39, 0.29) is 18.6 Å². The van der Waals surface area contributed by atoms with Gasteiger partial charge in [0.05, 0.1) is 13.1 Å². The van der Waals surface area contributed by atoms with Crippen LogP contribution in [0.1, 0.15) is 5.69 Å². The molecular weight excluding hydrogens is 316 g/mol. The zero-order chi connectivity index (χ0) is 16.2. The van der Waals surface area contributed by atoms with Gasteiger partial charge < -0.3 is 14.4 Å². The van der Waals surface area contributed by atoms with E-state index in [1.165, 1.54) is 0 Å². The van der Waals surface area contributed by atoms with Crippen LogP contribution in [-0.2, 0) is 4.79 Å². The van der Waals surface area contributed by atoms with Gasteiger partial charge >= 0.3 is 0 Å². The summed E-state index contributed by atoms with van der Waals surface area (Å²) < 4.78 is 11.2. The van der Waals surface area contributed by atoms with Crippen LogP contribution in [0.15, 0.2) is 42.5 Å². The molecule has 1 aromatic heterocycles. The molecule has 1 aromatic carbocycles. The quantitative estimate of drug-likeness (QED) is 0.844. The summed E-state index contributed by atoms with van der Waals surface area (Å²) in [4.78, 5) is 18.0. The van der Waals surface area contributed by atoms with E-state index in [9.17, 15) is 4.79 Å². The third-order valence-electron chi connectivity index (χ3n) is 3.53.